The molecule has 1 atom stereocenters. The van der Waals surface area contributed by atoms with E-state index in [0.717, 1.165) is 12.1 Å². The van der Waals surface area contributed by atoms with Crippen molar-refractivity contribution in [2.75, 3.05) is 12.3 Å². The summed E-state index contributed by atoms with van der Waals surface area (Å²) in [6.07, 6.45) is 8.24. The Hall–Kier alpha value is -4.72. The maximum atomic E-state index is 14.9. The van der Waals surface area contributed by atoms with Gasteiger partial charge in [-0.05, 0) is 67.3 Å². The number of Topliss-reactive ketones (excluding diaryl/α,β-unsaturated/α-hetero) is 1. The van der Waals surface area contributed by atoms with Gasteiger partial charge in [0.2, 0.25) is 21.6 Å². The highest BCUT2D eigenvalue weighted by Crippen LogP contribution is 2.30. The number of nitrogens with zero attached hydrogens (tertiary/aromatic N) is 2. The van der Waals surface area contributed by atoms with E-state index in [1.165, 1.54) is 41.4 Å². The lowest BCUT2D eigenvalue weighted by molar-refractivity contribution is 0.102. The highest BCUT2D eigenvalue weighted by atomic mass is 32.2. The molecule has 0 bridgehead atoms. The van der Waals surface area contributed by atoms with Crippen LogP contribution < -0.4 is 25.8 Å². The van der Waals surface area contributed by atoms with Crippen LogP contribution in [0.25, 0.3) is 5.70 Å². The number of benzene rings is 1. The van der Waals surface area contributed by atoms with Crippen LogP contribution in [0.2, 0.25) is 0 Å². The SMILES string of the molecule is C=C1/C=C(/C(=O)c2cnn(C3=CNC(Oc4cccc(F)c4F)C=C3C)c2N)NC/C=C(NS(=O)(=O)C2CC2)\C(F)=C/1. The number of rotatable bonds is 8. The van der Waals surface area contributed by atoms with E-state index >= 15 is 0 Å². The van der Waals surface area contributed by atoms with Crippen molar-refractivity contribution in [2.45, 2.75) is 31.2 Å². The van der Waals surface area contributed by atoms with E-state index in [1.807, 2.05) is 0 Å². The molecule has 1 fully saturated rings. The Morgan fingerprint density at radius 3 is 2.71 bits per heavy atom. The second-order valence-corrected chi connectivity index (χ2v) is 11.8. The summed E-state index contributed by atoms with van der Waals surface area (Å²) in [7, 11) is -3.71. The van der Waals surface area contributed by atoms with Crippen LogP contribution in [0.3, 0.4) is 0 Å². The van der Waals surface area contributed by atoms with Crippen LogP contribution >= 0.6 is 0 Å². The summed E-state index contributed by atoms with van der Waals surface area (Å²) in [5.74, 6) is -3.82. The van der Waals surface area contributed by atoms with Gasteiger partial charge in [0.25, 0.3) is 0 Å². The van der Waals surface area contributed by atoms with E-state index in [-0.39, 0.29) is 40.6 Å². The Labute approximate surface area is 239 Å². The number of allylic oxidation sites excluding steroid dienone is 7. The number of halogens is 3. The molecule has 1 aromatic heterocycles. The van der Waals surface area contributed by atoms with Gasteiger partial charge in [-0.15, -0.1) is 0 Å². The molecule has 0 spiro atoms. The van der Waals surface area contributed by atoms with Crippen molar-refractivity contribution in [1.82, 2.24) is 25.1 Å². The zero-order valence-corrected chi connectivity index (χ0v) is 23.1. The lowest BCUT2D eigenvalue weighted by Crippen LogP contribution is -2.32. The first kappa shape index (κ1) is 28.8. The largest absolute Gasteiger partial charge is 0.464 e. The van der Waals surface area contributed by atoms with Crippen molar-refractivity contribution in [3.63, 3.8) is 0 Å². The molecule has 1 aliphatic carbocycles. The summed E-state index contributed by atoms with van der Waals surface area (Å²) in [5.41, 5.74) is 7.32. The molecule has 3 aliphatic rings. The van der Waals surface area contributed by atoms with E-state index in [2.05, 4.69) is 27.0 Å². The number of nitrogen functional groups attached to an aromatic ring is 1. The van der Waals surface area contributed by atoms with Crippen LogP contribution in [0.5, 0.6) is 5.75 Å². The van der Waals surface area contributed by atoms with Crippen LogP contribution in [0, 0.1) is 11.6 Å². The Kier molecular flexibility index (Phi) is 7.73. The molecule has 3 heterocycles. The molecule has 42 heavy (non-hydrogen) atoms. The average molecular weight is 601 g/mol. The number of anilines is 1. The van der Waals surface area contributed by atoms with Gasteiger partial charge in [-0.3, -0.25) is 9.52 Å². The molecule has 14 heteroatoms. The summed E-state index contributed by atoms with van der Waals surface area (Å²) in [4.78, 5) is 13.4. The van der Waals surface area contributed by atoms with Gasteiger partial charge in [-0.25, -0.2) is 21.9 Å². The Morgan fingerprint density at radius 2 is 2.00 bits per heavy atom. The van der Waals surface area contributed by atoms with Crippen LogP contribution in [-0.2, 0) is 10.0 Å². The molecular formula is C28H27F3N6O4S. The van der Waals surface area contributed by atoms with Crippen molar-refractivity contribution in [2.24, 2.45) is 0 Å². The molecule has 0 amide bonds. The van der Waals surface area contributed by atoms with Crippen LogP contribution in [0.15, 0.2) is 89.8 Å². The highest BCUT2D eigenvalue weighted by Gasteiger charge is 2.36. The number of dihydropyridines is 1. The zero-order valence-electron chi connectivity index (χ0n) is 22.3. The molecule has 5 rings (SSSR count). The van der Waals surface area contributed by atoms with Gasteiger partial charge in [0.1, 0.15) is 11.6 Å². The second kappa shape index (κ2) is 11.3. The summed E-state index contributed by atoms with van der Waals surface area (Å²) in [5, 5.41) is 9.46. The third kappa shape index (κ3) is 5.98. The van der Waals surface area contributed by atoms with E-state index in [1.54, 1.807) is 13.0 Å². The van der Waals surface area contributed by atoms with Crippen molar-refractivity contribution in [1.29, 1.82) is 0 Å². The first-order chi connectivity index (χ1) is 19.9. The fourth-order valence-corrected chi connectivity index (χ4v) is 5.65. The topological polar surface area (TPSA) is 140 Å². The number of ketones is 1. The molecule has 10 nitrogen and oxygen atoms in total. The lowest BCUT2D eigenvalue weighted by atomic mass is 10.1. The Morgan fingerprint density at radius 1 is 1.24 bits per heavy atom. The van der Waals surface area contributed by atoms with Crippen LogP contribution in [0.4, 0.5) is 19.0 Å². The molecular weight excluding hydrogens is 573 g/mol. The molecule has 220 valence electrons. The average Bonchev–Trinajstić information content (AvgIpc) is 3.72. The van der Waals surface area contributed by atoms with Gasteiger partial charge in [0, 0.05) is 12.7 Å². The number of nitrogens with two attached hydrogens (primary N) is 1. The molecule has 1 unspecified atom stereocenters. The monoisotopic (exact) mass is 600 g/mol. The number of aromatic nitrogens is 2. The van der Waals surface area contributed by atoms with Gasteiger partial charge < -0.3 is 21.1 Å². The minimum absolute atomic E-state index is 0.000301. The molecule has 0 radical (unpaired) electrons. The van der Waals surface area contributed by atoms with Gasteiger partial charge >= 0.3 is 0 Å². The summed E-state index contributed by atoms with van der Waals surface area (Å²) >= 11 is 0. The normalized spacial score (nSPS) is 23.1. The Bertz CT molecular complexity index is 1730. The second-order valence-electron chi connectivity index (χ2n) is 9.79. The number of nitrogens with one attached hydrogen (secondary N) is 3. The lowest BCUT2D eigenvalue weighted by Gasteiger charge is -2.23. The summed E-state index contributed by atoms with van der Waals surface area (Å²) < 4.78 is 76.2. The zero-order chi connectivity index (χ0) is 30.2. The smallest absolute Gasteiger partial charge is 0.235 e. The van der Waals surface area contributed by atoms with Crippen molar-refractivity contribution >= 4 is 27.3 Å². The number of carbonyl (C=O) groups is 1. The minimum atomic E-state index is -3.71. The fraction of sp³-hybridized carbons (Fsp3) is 0.214. The molecule has 5 N–H and O–H groups in total. The predicted molar refractivity (Wildman–Crippen MR) is 150 cm³/mol. The quantitative estimate of drug-likeness (QED) is 0.338. The van der Waals surface area contributed by atoms with Gasteiger partial charge in [-0.1, -0.05) is 12.6 Å². The molecule has 2 aromatic rings. The third-order valence-corrected chi connectivity index (χ3v) is 8.45. The number of carbonyl (C=O) groups excluding carboxylic acids is 1. The van der Waals surface area contributed by atoms with Crippen LogP contribution in [0.1, 0.15) is 30.1 Å². The highest BCUT2D eigenvalue weighted by molar-refractivity contribution is 7.90. The van der Waals surface area contributed by atoms with E-state index < -0.39 is 44.7 Å². The summed E-state index contributed by atoms with van der Waals surface area (Å²) in [6.45, 7) is 5.40. The maximum absolute atomic E-state index is 14.9. The molecule has 1 saturated carbocycles. The predicted octanol–water partition coefficient (Wildman–Crippen LogP) is 3.54. The molecule has 2 aliphatic heterocycles. The fourth-order valence-electron chi connectivity index (χ4n) is 4.24. The van der Waals surface area contributed by atoms with Gasteiger partial charge in [0.15, 0.2) is 17.8 Å². The Balaban J connectivity index is 1.32. The molecule has 1 aromatic carbocycles. The first-order valence-electron chi connectivity index (χ1n) is 12.8. The van der Waals surface area contributed by atoms with Crippen molar-refractivity contribution < 1.29 is 31.1 Å². The van der Waals surface area contributed by atoms with Crippen molar-refractivity contribution in [3.8, 4) is 5.75 Å². The van der Waals surface area contributed by atoms with E-state index in [9.17, 15) is 26.4 Å². The number of sulfonamides is 1. The number of hydrogen-bond acceptors (Lipinski definition) is 8. The van der Waals surface area contributed by atoms with Crippen LogP contribution in [-0.4, -0.2) is 42.0 Å². The first-order valence-corrected chi connectivity index (χ1v) is 14.4. The summed E-state index contributed by atoms with van der Waals surface area (Å²) in [6, 6.07) is 3.61. The number of ether oxygens (including phenoxy) is 1. The minimum Gasteiger partial charge on any atom is -0.464 e. The van der Waals surface area contributed by atoms with Gasteiger partial charge in [0.05, 0.1) is 34.1 Å². The van der Waals surface area contributed by atoms with Crippen molar-refractivity contribution in [3.05, 3.63) is 107 Å². The number of hydrogen-bond donors (Lipinski definition) is 4. The van der Waals surface area contributed by atoms with Gasteiger partial charge in [-0.2, -0.15) is 9.49 Å². The third-order valence-electron chi connectivity index (χ3n) is 6.60. The maximum Gasteiger partial charge on any atom is 0.235 e. The molecule has 0 saturated heterocycles. The van der Waals surface area contributed by atoms with E-state index in [0.29, 0.717) is 24.1 Å². The standard InChI is InChI=1S/C28H27F3N6O4S/c1-15-10-20(30)21(36-42(39,40)17-6-7-17)8-9-33-22(11-15)27(38)18-13-35-37(28(18)32)23-14-34-25(12-16(23)2)41-24-5-3-4-19(29)26(24)31/h3-5,8,10-14,17,25,33-34,36H,1,6-7,9,32H2,2H3/b20-10+,21-8+,22-11-. The van der Waals surface area contributed by atoms with E-state index in [4.69, 9.17) is 10.5 Å².